The molecule has 0 saturated carbocycles. The van der Waals surface area contributed by atoms with E-state index >= 15 is 0 Å². The molecular formula is C19H24N2O3S. The minimum Gasteiger partial charge on any atom is -0.383 e. The van der Waals surface area contributed by atoms with Crippen molar-refractivity contribution in [2.75, 3.05) is 20.3 Å². The number of methoxy groups -OCH3 is 1. The monoisotopic (exact) mass is 360 g/mol. The first-order chi connectivity index (χ1) is 12.1. The third-order valence-electron chi connectivity index (χ3n) is 4.61. The lowest BCUT2D eigenvalue weighted by Gasteiger charge is -2.23. The van der Waals surface area contributed by atoms with E-state index < -0.39 is 10.0 Å². The molecule has 1 aromatic carbocycles. The summed E-state index contributed by atoms with van der Waals surface area (Å²) in [5.41, 5.74) is 3.36. The lowest BCUT2D eigenvalue weighted by atomic mass is 9.92. The van der Waals surface area contributed by atoms with E-state index in [4.69, 9.17) is 4.74 Å². The molecule has 0 bridgehead atoms. The van der Waals surface area contributed by atoms with Gasteiger partial charge in [-0.25, -0.2) is 8.42 Å². The van der Waals surface area contributed by atoms with Crippen LogP contribution in [-0.4, -0.2) is 38.0 Å². The van der Waals surface area contributed by atoms with Gasteiger partial charge in [0.15, 0.2) is 0 Å². The Hall–Kier alpha value is -1.76. The minimum atomic E-state index is -3.57. The Labute approximate surface area is 149 Å². The van der Waals surface area contributed by atoms with Crippen LogP contribution in [0.3, 0.4) is 0 Å². The second-order valence-corrected chi connectivity index (χ2v) is 8.26. The molecule has 0 spiro atoms. The molecule has 134 valence electrons. The van der Waals surface area contributed by atoms with Gasteiger partial charge in [0.25, 0.3) is 0 Å². The quantitative estimate of drug-likeness (QED) is 0.762. The molecule has 25 heavy (non-hydrogen) atoms. The van der Waals surface area contributed by atoms with Crippen molar-refractivity contribution in [3.8, 4) is 0 Å². The number of sulfonamides is 1. The van der Waals surface area contributed by atoms with Crippen LogP contribution >= 0.6 is 0 Å². The standard InChI is InChI=1S/C19H24N2O3S/c1-24-13-12-21(15-16-8-10-20-11-9-16)25(22,23)19-7-6-17-4-2-3-5-18(17)14-19/h6-11,14H,2-5,12-13,15H2,1H3. The van der Waals surface area contributed by atoms with Crippen molar-refractivity contribution in [1.82, 2.24) is 9.29 Å². The van der Waals surface area contributed by atoms with Crippen LogP contribution in [0.5, 0.6) is 0 Å². The van der Waals surface area contributed by atoms with E-state index in [9.17, 15) is 8.42 Å². The van der Waals surface area contributed by atoms with Gasteiger partial charge in [0.1, 0.15) is 0 Å². The largest absolute Gasteiger partial charge is 0.383 e. The van der Waals surface area contributed by atoms with Crippen LogP contribution in [0.4, 0.5) is 0 Å². The molecule has 2 aromatic rings. The van der Waals surface area contributed by atoms with Crippen molar-refractivity contribution in [3.63, 3.8) is 0 Å². The molecule has 1 aromatic heterocycles. The highest BCUT2D eigenvalue weighted by Gasteiger charge is 2.25. The number of ether oxygens (including phenoxy) is 1. The predicted octanol–water partition coefficient (Wildman–Crippen LogP) is 2.80. The molecule has 1 heterocycles. The van der Waals surface area contributed by atoms with E-state index in [-0.39, 0.29) is 0 Å². The van der Waals surface area contributed by atoms with Crippen molar-refractivity contribution < 1.29 is 13.2 Å². The maximum Gasteiger partial charge on any atom is 0.243 e. The average Bonchev–Trinajstić information content (AvgIpc) is 2.65. The maximum atomic E-state index is 13.2. The van der Waals surface area contributed by atoms with Gasteiger partial charge in [-0.15, -0.1) is 0 Å². The normalized spacial score (nSPS) is 14.5. The lowest BCUT2D eigenvalue weighted by molar-refractivity contribution is 0.177. The fraction of sp³-hybridized carbons (Fsp3) is 0.421. The number of aryl methyl sites for hydroxylation is 2. The molecule has 0 atom stereocenters. The van der Waals surface area contributed by atoms with E-state index in [0.717, 1.165) is 24.8 Å². The Balaban J connectivity index is 1.90. The predicted molar refractivity (Wildman–Crippen MR) is 96.8 cm³/mol. The van der Waals surface area contributed by atoms with Gasteiger partial charge in [-0.1, -0.05) is 6.07 Å². The second-order valence-electron chi connectivity index (χ2n) is 6.32. The minimum absolute atomic E-state index is 0.311. The van der Waals surface area contributed by atoms with E-state index in [1.54, 1.807) is 25.6 Å². The molecule has 1 aliphatic rings. The summed E-state index contributed by atoms with van der Waals surface area (Å²) in [6.45, 7) is 0.985. The molecule has 5 nitrogen and oxygen atoms in total. The molecule has 0 aliphatic heterocycles. The number of hydrogen-bond donors (Lipinski definition) is 0. The highest BCUT2D eigenvalue weighted by atomic mass is 32.2. The summed E-state index contributed by atoms with van der Waals surface area (Å²) >= 11 is 0. The highest BCUT2D eigenvalue weighted by molar-refractivity contribution is 7.89. The molecular weight excluding hydrogens is 336 g/mol. The SMILES string of the molecule is COCCN(Cc1ccncc1)S(=O)(=O)c1ccc2c(c1)CCCC2. The molecule has 0 amide bonds. The summed E-state index contributed by atoms with van der Waals surface area (Å²) in [5.74, 6) is 0. The van der Waals surface area contributed by atoms with Gasteiger partial charge in [-0.05, 0) is 66.6 Å². The van der Waals surface area contributed by atoms with Crippen LogP contribution in [0.25, 0.3) is 0 Å². The van der Waals surface area contributed by atoms with Gasteiger partial charge < -0.3 is 4.74 Å². The van der Waals surface area contributed by atoms with Gasteiger partial charge >= 0.3 is 0 Å². The zero-order valence-electron chi connectivity index (χ0n) is 14.5. The van der Waals surface area contributed by atoms with Gasteiger partial charge in [-0.2, -0.15) is 4.31 Å². The Kier molecular flexibility index (Phi) is 5.83. The van der Waals surface area contributed by atoms with Crippen LogP contribution in [0.15, 0.2) is 47.6 Å². The Morgan fingerprint density at radius 2 is 1.80 bits per heavy atom. The van der Waals surface area contributed by atoms with Crippen LogP contribution in [0.2, 0.25) is 0 Å². The molecule has 0 unspecified atom stereocenters. The molecule has 0 fully saturated rings. The third kappa shape index (κ3) is 4.26. The second kappa shape index (κ2) is 8.08. The molecule has 0 saturated heterocycles. The van der Waals surface area contributed by atoms with Crippen LogP contribution in [0, 0.1) is 0 Å². The van der Waals surface area contributed by atoms with Gasteiger partial charge in [0.2, 0.25) is 10.0 Å². The van der Waals surface area contributed by atoms with E-state index in [0.29, 0.717) is 24.6 Å². The first kappa shape index (κ1) is 18.0. The molecule has 1 aliphatic carbocycles. The third-order valence-corrected chi connectivity index (χ3v) is 6.45. The van der Waals surface area contributed by atoms with Crippen molar-refractivity contribution in [2.24, 2.45) is 0 Å². The highest BCUT2D eigenvalue weighted by Crippen LogP contribution is 2.26. The maximum absolute atomic E-state index is 13.2. The number of aromatic nitrogens is 1. The van der Waals surface area contributed by atoms with Crippen LogP contribution < -0.4 is 0 Å². The number of rotatable bonds is 7. The van der Waals surface area contributed by atoms with Crippen LogP contribution in [0.1, 0.15) is 29.5 Å². The summed E-state index contributed by atoms with van der Waals surface area (Å²) in [6.07, 6.45) is 7.66. The number of benzene rings is 1. The van der Waals surface area contributed by atoms with E-state index in [1.807, 2.05) is 24.3 Å². The van der Waals surface area contributed by atoms with Crippen molar-refractivity contribution in [1.29, 1.82) is 0 Å². The number of pyridine rings is 1. The fourth-order valence-electron chi connectivity index (χ4n) is 3.19. The number of nitrogens with zero attached hydrogens (tertiary/aromatic N) is 2. The summed E-state index contributed by atoms with van der Waals surface area (Å²) in [5, 5.41) is 0. The van der Waals surface area contributed by atoms with Crippen molar-refractivity contribution >= 4 is 10.0 Å². The molecule has 0 radical (unpaired) electrons. The first-order valence-electron chi connectivity index (χ1n) is 8.61. The van der Waals surface area contributed by atoms with Gasteiger partial charge in [0.05, 0.1) is 11.5 Å². The number of hydrogen-bond acceptors (Lipinski definition) is 4. The van der Waals surface area contributed by atoms with Crippen molar-refractivity contribution in [3.05, 3.63) is 59.4 Å². The Morgan fingerprint density at radius 1 is 1.08 bits per heavy atom. The average molecular weight is 360 g/mol. The van der Waals surface area contributed by atoms with E-state index in [2.05, 4.69) is 4.98 Å². The summed E-state index contributed by atoms with van der Waals surface area (Å²) in [7, 11) is -1.99. The summed E-state index contributed by atoms with van der Waals surface area (Å²) < 4.78 is 33.0. The molecule has 3 rings (SSSR count). The van der Waals surface area contributed by atoms with Gasteiger partial charge in [0, 0.05) is 32.6 Å². The zero-order valence-corrected chi connectivity index (χ0v) is 15.3. The van der Waals surface area contributed by atoms with Gasteiger partial charge in [-0.3, -0.25) is 4.98 Å². The Bertz CT molecular complexity index is 807. The first-order valence-corrected chi connectivity index (χ1v) is 10.0. The van der Waals surface area contributed by atoms with E-state index in [1.165, 1.54) is 21.9 Å². The summed E-state index contributed by atoms with van der Waals surface area (Å²) in [4.78, 5) is 4.36. The summed E-state index contributed by atoms with van der Waals surface area (Å²) in [6, 6.07) is 9.24. The Morgan fingerprint density at radius 3 is 2.52 bits per heavy atom. The van der Waals surface area contributed by atoms with Crippen molar-refractivity contribution in [2.45, 2.75) is 37.1 Å². The number of fused-ring (bicyclic) bond motifs is 1. The smallest absolute Gasteiger partial charge is 0.243 e. The molecule has 6 heteroatoms. The van der Waals surface area contributed by atoms with Crippen LogP contribution in [-0.2, 0) is 34.1 Å². The zero-order chi connectivity index (χ0) is 17.7. The lowest BCUT2D eigenvalue weighted by Crippen LogP contribution is -2.33. The molecule has 0 N–H and O–H groups in total. The topological polar surface area (TPSA) is 59.5 Å². The fourth-order valence-corrected chi connectivity index (χ4v) is 4.65.